The van der Waals surface area contributed by atoms with Crippen molar-refractivity contribution >= 4 is 17.5 Å². The average molecular weight is 284 g/mol. The van der Waals surface area contributed by atoms with E-state index in [1.54, 1.807) is 7.05 Å². The number of benzene rings is 1. The fraction of sp³-hybridized carbons (Fsp3) is 0.500. The molecule has 0 saturated heterocycles. The Hall–Kier alpha value is -1.26. The Morgan fingerprint density at radius 3 is 2.68 bits per heavy atom. The minimum atomic E-state index is -0.784. The second-order valence-corrected chi connectivity index (χ2v) is 5.66. The molecule has 19 heavy (non-hydrogen) atoms. The molecule has 104 valence electrons. The van der Waals surface area contributed by atoms with Crippen molar-refractivity contribution in [2.24, 2.45) is 0 Å². The smallest absolute Gasteiger partial charge is 0.255 e. The first-order valence-electron chi connectivity index (χ1n) is 6.38. The fourth-order valence-electron chi connectivity index (χ4n) is 2.59. The summed E-state index contributed by atoms with van der Waals surface area (Å²) in [5.41, 5.74) is -0.529. The summed E-state index contributed by atoms with van der Waals surface area (Å²) < 4.78 is 0. The van der Waals surface area contributed by atoms with Crippen LogP contribution in [0.1, 0.15) is 36.0 Å². The molecule has 1 fully saturated rings. The maximum absolute atomic E-state index is 12.3. The van der Waals surface area contributed by atoms with Crippen molar-refractivity contribution in [1.29, 1.82) is 0 Å². The number of hydrogen-bond acceptors (Lipinski definition) is 3. The summed E-state index contributed by atoms with van der Waals surface area (Å²) in [6.45, 7) is 0.290. The van der Waals surface area contributed by atoms with Gasteiger partial charge in [-0.05, 0) is 31.0 Å². The molecule has 0 bridgehead atoms. The van der Waals surface area contributed by atoms with Gasteiger partial charge >= 0.3 is 0 Å². The van der Waals surface area contributed by atoms with Crippen LogP contribution in [0, 0.1) is 0 Å². The predicted molar refractivity (Wildman–Crippen MR) is 73.5 cm³/mol. The third-order valence-electron chi connectivity index (χ3n) is 3.59. The van der Waals surface area contributed by atoms with Crippen LogP contribution in [0.15, 0.2) is 18.2 Å². The van der Waals surface area contributed by atoms with Gasteiger partial charge in [-0.1, -0.05) is 24.4 Å². The van der Waals surface area contributed by atoms with Crippen molar-refractivity contribution in [1.82, 2.24) is 4.90 Å². The van der Waals surface area contributed by atoms with Crippen LogP contribution in [0.4, 0.5) is 0 Å². The first-order valence-corrected chi connectivity index (χ1v) is 6.75. The summed E-state index contributed by atoms with van der Waals surface area (Å²) >= 11 is 5.97. The van der Waals surface area contributed by atoms with E-state index >= 15 is 0 Å². The standard InChI is InChI=1S/C14H18ClNO3/c1-16(9-14(19)6-2-3-7-14)13(18)11-8-10(17)4-5-12(11)15/h4-5,8,17,19H,2-3,6-7,9H2,1H3. The van der Waals surface area contributed by atoms with E-state index in [1.165, 1.54) is 23.1 Å². The van der Waals surface area contributed by atoms with Crippen LogP contribution in [0.3, 0.4) is 0 Å². The van der Waals surface area contributed by atoms with Gasteiger partial charge in [0.25, 0.3) is 5.91 Å². The topological polar surface area (TPSA) is 60.8 Å². The van der Waals surface area contributed by atoms with Crippen molar-refractivity contribution in [2.75, 3.05) is 13.6 Å². The van der Waals surface area contributed by atoms with Crippen LogP contribution in [0.25, 0.3) is 0 Å². The largest absolute Gasteiger partial charge is 0.508 e. The molecule has 1 aliphatic carbocycles. The van der Waals surface area contributed by atoms with Gasteiger partial charge < -0.3 is 15.1 Å². The number of hydrogen-bond donors (Lipinski definition) is 2. The molecule has 0 aliphatic heterocycles. The zero-order chi connectivity index (χ0) is 14.0. The van der Waals surface area contributed by atoms with E-state index in [0.29, 0.717) is 5.02 Å². The molecule has 0 heterocycles. The zero-order valence-corrected chi connectivity index (χ0v) is 11.7. The van der Waals surface area contributed by atoms with E-state index in [0.717, 1.165) is 25.7 Å². The third kappa shape index (κ3) is 3.19. The monoisotopic (exact) mass is 283 g/mol. The van der Waals surface area contributed by atoms with Gasteiger partial charge in [-0.2, -0.15) is 0 Å². The molecule has 1 saturated carbocycles. The zero-order valence-electron chi connectivity index (χ0n) is 10.9. The van der Waals surface area contributed by atoms with Crippen LogP contribution >= 0.6 is 11.6 Å². The maximum atomic E-state index is 12.3. The first-order chi connectivity index (χ1) is 8.91. The number of amides is 1. The number of carbonyl (C=O) groups excluding carboxylic acids is 1. The normalized spacial score (nSPS) is 17.4. The molecule has 0 radical (unpaired) electrons. The summed E-state index contributed by atoms with van der Waals surface area (Å²) in [7, 11) is 1.64. The predicted octanol–water partition coefficient (Wildman–Crippen LogP) is 2.42. The van der Waals surface area contributed by atoms with Crippen molar-refractivity contribution in [2.45, 2.75) is 31.3 Å². The Bertz CT molecular complexity index is 484. The minimum Gasteiger partial charge on any atom is -0.508 e. The number of nitrogens with zero attached hydrogens (tertiary/aromatic N) is 1. The van der Waals surface area contributed by atoms with Gasteiger partial charge in [0, 0.05) is 13.6 Å². The molecule has 1 aliphatic rings. The number of phenolic OH excluding ortho intramolecular Hbond substituents is 1. The lowest BCUT2D eigenvalue weighted by Crippen LogP contribution is -2.42. The SMILES string of the molecule is CN(CC1(O)CCCC1)C(=O)c1cc(O)ccc1Cl. The van der Waals surface area contributed by atoms with E-state index in [-0.39, 0.29) is 23.8 Å². The Morgan fingerprint density at radius 1 is 1.42 bits per heavy atom. The molecule has 0 atom stereocenters. The minimum absolute atomic E-state index is 0.000674. The highest BCUT2D eigenvalue weighted by Gasteiger charge is 2.33. The lowest BCUT2D eigenvalue weighted by Gasteiger charge is -2.28. The summed E-state index contributed by atoms with van der Waals surface area (Å²) in [6, 6.07) is 4.27. The molecule has 0 aromatic heterocycles. The molecule has 1 aromatic rings. The molecule has 1 aromatic carbocycles. The van der Waals surface area contributed by atoms with Gasteiger partial charge in [-0.3, -0.25) is 4.79 Å². The van der Waals surface area contributed by atoms with E-state index in [1.807, 2.05) is 0 Å². The Morgan fingerprint density at radius 2 is 2.05 bits per heavy atom. The van der Waals surface area contributed by atoms with Crippen LogP contribution < -0.4 is 0 Å². The van der Waals surface area contributed by atoms with Gasteiger partial charge in [0.1, 0.15) is 5.75 Å². The van der Waals surface area contributed by atoms with Gasteiger partial charge in [-0.15, -0.1) is 0 Å². The molecular weight excluding hydrogens is 266 g/mol. The number of aromatic hydroxyl groups is 1. The molecule has 1 amide bonds. The van der Waals surface area contributed by atoms with Crippen LogP contribution in [0.2, 0.25) is 5.02 Å². The van der Waals surface area contributed by atoms with Gasteiger partial charge in [-0.25, -0.2) is 0 Å². The molecule has 4 nitrogen and oxygen atoms in total. The quantitative estimate of drug-likeness (QED) is 0.896. The van der Waals surface area contributed by atoms with Gasteiger partial charge in [0.2, 0.25) is 0 Å². The average Bonchev–Trinajstić information content (AvgIpc) is 2.78. The molecular formula is C14H18ClNO3. The highest BCUT2D eigenvalue weighted by molar-refractivity contribution is 6.33. The van der Waals surface area contributed by atoms with Crippen LogP contribution in [0.5, 0.6) is 5.75 Å². The Kier molecular flexibility index (Phi) is 4.02. The summed E-state index contributed by atoms with van der Waals surface area (Å²) in [4.78, 5) is 13.7. The number of phenols is 1. The first kappa shape index (κ1) is 14.2. The lowest BCUT2D eigenvalue weighted by atomic mass is 10.0. The van der Waals surface area contributed by atoms with Crippen molar-refractivity contribution < 1.29 is 15.0 Å². The van der Waals surface area contributed by atoms with Crippen molar-refractivity contribution in [3.63, 3.8) is 0 Å². The fourth-order valence-corrected chi connectivity index (χ4v) is 2.79. The van der Waals surface area contributed by atoms with Crippen molar-refractivity contribution in [3.8, 4) is 5.75 Å². The van der Waals surface area contributed by atoms with Crippen LogP contribution in [-0.2, 0) is 0 Å². The lowest BCUT2D eigenvalue weighted by molar-refractivity contribution is 0.0157. The second kappa shape index (κ2) is 5.39. The number of rotatable bonds is 3. The maximum Gasteiger partial charge on any atom is 0.255 e. The highest BCUT2D eigenvalue weighted by atomic mass is 35.5. The molecule has 0 unspecified atom stereocenters. The molecule has 2 rings (SSSR count). The highest BCUT2D eigenvalue weighted by Crippen LogP contribution is 2.31. The van der Waals surface area contributed by atoms with E-state index in [4.69, 9.17) is 11.6 Å². The molecule has 2 N–H and O–H groups in total. The van der Waals surface area contributed by atoms with E-state index in [2.05, 4.69) is 0 Å². The second-order valence-electron chi connectivity index (χ2n) is 5.26. The summed E-state index contributed by atoms with van der Waals surface area (Å²) in [6.07, 6.45) is 3.42. The number of aliphatic hydroxyl groups is 1. The van der Waals surface area contributed by atoms with E-state index in [9.17, 15) is 15.0 Å². The number of halogens is 1. The Balaban J connectivity index is 2.12. The number of carbonyl (C=O) groups is 1. The molecule has 5 heteroatoms. The van der Waals surface area contributed by atoms with E-state index < -0.39 is 5.60 Å². The molecule has 0 spiro atoms. The van der Waals surface area contributed by atoms with Crippen molar-refractivity contribution in [3.05, 3.63) is 28.8 Å². The van der Waals surface area contributed by atoms with Gasteiger partial charge in [0.05, 0.1) is 16.2 Å². The van der Waals surface area contributed by atoms with Crippen LogP contribution in [-0.4, -0.2) is 40.2 Å². The third-order valence-corrected chi connectivity index (χ3v) is 3.92. The summed E-state index contributed by atoms with van der Waals surface area (Å²) in [5, 5.41) is 20.0. The summed E-state index contributed by atoms with van der Waals surface area (Å²) in [5.74, 6) is -0.290. The number of likely N-dealkylation sites (N-methyl/N-ethyl adjacent to an activating group) is 1. The Labute approximate surface area is 117 Å². The van der Waals surface area contributed by atoms with Gasteiger partial charge in [0.15, 0.2) is 0 Å².